The lowest BCUT2D eigenvalue weighted by atomic mass is 9.83. The Morgan fingerprint density at radius 1 is 1.44 bits per heavy atom. The van der Waals surface area contributed by atoms with Crippen molar-refractivity contribution in [3.63, 3.8) is 0 Å². The monoisotopic (exact) mass is 358 g/mol. The van der Waals surface area contributed by atoms with Gasteiger partial charge in [-0.2, -0.15) is 5.26 Å². The van der Waals surface area contributed by atoms with E-state index in [0.717, 1.165) is 48.9 Å². The van der Waals surface area contributed by atoms with Gasteiger partial charge in [0.05, 0.1) is 29.5 Å². The number of thioether (sulfide) groups is 1. The molecule has 0 aliphatic heterocycles. The summed E-state index contributed by atoms with van der Waals surface area (Å²) in [5, 5.41) is 12.8. The van der Waals surface area contributed by atoms with Gasteiger partial charge in [0.25, 0.3) is 0 Å². The van der Waals surface area contributed by atoms with Crippen LogP contribution < -0.4 is 10.1 Å². The molecule has 1 fully saturated rings. The summed E-state index contributed by atoms with van der Waals surface area (Å²) in [6.07, 6.45) is 4.57. The molecule has 0 saturated heterocycles. The number of amides is 1. The van der Waals surface area contributed by atoms with Crippen molar-refractivity contribution in [3.8, 4) is 11.8 Å². The molecule has 25 heavy (non-hydrogen) atoms. The minimum atomic E-state index is -0.703. The van der Waals surface area contributed by atoms with E-state index >= 15 is 0 Å². The largest absolute Gasteiger partial charge is 0.497 e. The van der Waals surface area contributed by atoms with Gasteiger partial charge in [-0.25, -0.2) is 4.98 Å². The Kier molecular flexibility index (Phi) is 5.19. The summed E-state index contributed by atoms with van der Waals surface area (Å²) in [7, 11) is 1.62. The van der Waals surface area contributed by atoms with Gasteiger partial charge >= 0.3 is 0 Å². The molecular formula is C18H22N4O2S. The van der Waals surface area contributed by atoms with E-state index in [0.29, 0.717) is 5.16 Å². The lowest BCUT2D eigenvalue weighted by molar-refractivity contribution is -0.121. The molecule has 1 aliphatic rings. The lowest BCUT2D eigenvalue weighted by Gasteiger charge is -2.32. The topological polar surface area (TPSA) is 90.8 Å². The van der Waals surface area contributed by atoms with Crippen LogP contribution in [-0.2, 0) is 4.79 Å². The van der Waals surface area contributed by atoms with E-state index in [4.69, 9.17) is 4.74 Å². The van der Waals surface area contributed by atoms with E-state index in [1.54, 1.807) is 7.11 Å². The van der Waals surface area contributed by atoms with Crippen LogP contribution in [0.1, 0.15) is 39.0 Å². The first-order valence-electron chi connectivity index (χ1n) is 8.49. The molecule has 6 nitrogen and oxygen atoms in total. The number of hydrogen-bond donors (Lipinski definition) is 2. The highest BCUT2D eigenvalue weighted by Crippen LogP contribution is 2.29. The summed E-state index contributed by atoms with van der Waals surface area (Å²) in [6.45, 7) is 1.83. The molecule has 7 heteroatoms. The molecule has 1 amide bonds. The van der Waals surface area contributed by atoms with E-state index < -0.39 is 5.54 Å². The van der Waals surface area contributed by atoms with Crippen molar-refractivity contribution in [1.82, 2.24) is 15.3 Å². The number of carbonyl (C=O) groups is 1. The average Bonchev–Trinajstić information content (AvgIpc) is 3.03. The fraction of sp³-hybridized carbons (Fsp3) is 0.500. The van der Waals surface area contributed by atoms with Crippen LogP contribution in [0.5, 0.6) is 5.75 Å². The number of methoxy groups -OCH3 is 1. The summed E-state index contributed by atoms with van der Waals surface area (Å²) in [5.41, 5.74) is 0.998. The van der Waals surface area contributed by atoms with Crippen LogP contribution in [0.3, 0.4) is 0 Å². The molecule has 3 rings (SSSR count). The van der Waals surface area contributed by atoms with Crippen LogP contribution >= 0.6 is 11.8 Å². The fourth-order valence-electron chi connectivity index (χ4n) is 3.13. The number of aromatic nitrogens is 2. The second-order valence-corrected chi connectivity index (χ2v) is 7.76. The normalized spacial score (nSPS) is 17.6. The molecule has 0 radical (unpaired) electrons. The smallest absolute Gasteiger partial charge is 0.234 e. The molecule has 2 N–H and O–H groups in total. The van der Waals surface area contributed by atoms with E-state index in [9.17, 15) is 10.1 Å². The molecule has 1 aromatic heterocycles. The Bertz CT molecular complexity index is 805. The van der Waals surface area contributed by atoms with E-state index in [1.807, 2.05) is 25.1 Å². The third-order valence-electron chi connectivity index (χ3n) is 4.61. The third kappa shape index (κ3) is 3.90. The van der Waals surface area contributed by atoms with Crippen molar-refractivity contribution in [2.45, 2.75) is 55.0 Å². The minimum absolute atomic E-state index is 0.119. The van der Waals surface area contributed by atoms with Crippen molar-refractivity contribution >= 4 is 28.7 Å². The van der Waals surface area contributed by atoms with Crippen molar-refractivity contribution in [2.75, 3.05) is 7.11 Å². The predicted octanol–water partition coefficient (Wildman–Crippen LogP) is 3.39. The molecule has 1 aromatic carbocycles. The van der Waals surface area contributed by atoms with Gasteiger partial charge in [-0.1, -0.05) is 31.0 Å². The zero-order valence-corrected chi connectivity index (χ0v) is 15.3. The molecule has 132 valence electrons. The number of fused-ring (bicyclic) bond motifs is 1. The Balaban J connectivity index is 1.68. The Labute approximate surface area is 151 Å². The molecule has 0 spiro atoms. The molecule has 0 unspecified atom stereocenters. The van der Waals surface area contributed by atoms with Crippen molar-refractivity contribution in [3.05, 3.63) is 18.2 Å². The molecule has 1 atom stereocenters. The second kappa shape index (κ2) is 7.36. The van der Waals surface area contributed by atoms with Gasteiger partial charge < -0.3 is 15.0 Å². The molecule has 2 aromatic rings. The average molecular weight is 358 g/mol. The first kappa shape index (κ1) is 17.6. The lowest BCUT2D eigenvalue weighted by Crippen LogP contribution is -2.50. The van der Waals surface area contributed by atoms with Crippen molar-refractivity contribution in [2.24, 2.45) is 0 Å². The number of nitriles is 1. The zero-order chi connectivity index (χ0) is 17.9. The number of nitrogens with one attached hydrogen (secondary N) is 2. The van der Waals surface area contributed by atoms with Crippen LogP contribution in [0, 0.1) is 11.3 Å². The van der Waals surface area contributed by atoms with Crippen LogP contribution in [0.25, 0.3) is 11.0 Å². The number of carbonyl (C=O) groups excluding carboxylic acids is 1. The number of benzene rings is 1. The summed E-state index contributed by atoms with van der Waals surface area (Å²) < 4.78 is 5.21. The Hall–Kier alpha value is -2.20. The predicted molar refractivity (Wildman–Crippen MR) is 97.5 cm³/mol. The van der Waals surface area contributed by atoms with Crippen LogP contribution in [0.15, 0.2) is 23.4 Å². The van der Waals surface area contributed by atoms with Gasteiger partial charge in [-0.15, -0.1) is 0 Å². The summed E-state index contributed by atoms with van der Waals surface area (Å²) in [6, 6.07) is 7.94. The standard InChI is InChI=1S/C18H22N4O2S/c1-12(16(23)22-18(11-19)8-4-3-5-9-18)25-17-20-14-7-6-13(24-2)10-15(14)21-17/h6-7,10,12H,3-5,8-9H2,1-2H3,(H,20,21)(H,22,23)/t12-/m1/s1. The number of H-pyrrole nitrogens is 1. The van der Waals surface area contributed by atoms with Gasteiger partial charge in [0.2, 0.25) is 5.91 Å². The first-order valence-corrected chi connectivity index (χ1v) is 9.37. The van der Waals surface area contributed by atoms with Gasteiger partial charge in [0.1, 0.15) is 11.3 Å². The molecule has 1 aliphatic carbocycles. The summed E-state index contributed by atoms with van der Waals surface area (Å²) in [5.74, 6) is 0.637. The van der Waals surface area contributed by atoms with Crippen LogP contribution in [0.2, 0.25) is 0 Å². The van der Waals surface area contributed by atoms with Crippen LogP contribution in [0.4, 0.5) is 0 Å². The molecular weight excluding hydrogens is 336 g/mol. The number of imidazole rings is 1. The SMILES string of the molecule is COc1ccc2nc(S[C@H](C)C(=O)NC3(C#N)CCCCC3)[nH]c2c1. The first-order chi connectivity index (χ1) is 12.0. The molecule has 1 saturated carbocycles. The number of ether oxygens (including phenoxy) is 1. The van der Waals surface area contributed by atoms with Gasteiger partial charge in [0, 0.05) is 6.07 Å². The maximum Gasteiger partial charge on any atom is 0.234 e. The van der Waals surface area contributed by atoms with Gasteiger partial charge in [-0.05, 0) is 31.9 Å². The summed E-state index contributed by atoms with van der Waals surface area (Å²) in [4.78, 5) is 20.3. The minimum Gasteiger partial charge on any atom is -0.497 e. The molecule has 1 heterocycles. The highest BCUT2D eigenvalue weighted by atomic mass is 32.2. The quantitative estimate of drug-likeness (QED) is 0.800. The number of nitrogens with zero attached hydrogens (tertiary/aromatic N) is 2. The number of rotatable bonds is 5. The van der Waals surface area contributed by atoms with E-state index in [2.05, 4.69) is 21.4 Å². The van der Waals surface area contributed by atoms with Crippen molar-refractivity contribution in [1.29, 1.82) is 5.26 Å². The number of hydrogen-bond acceptors (Lipinski definition) is 5. The van der Waals surface area contributed by atoms with E-state index in [-0.39, 0.29) is 11.2 Å². The van der Waals surface area contributed by atoms with Crippen LogP contribution in [-0.4, -0.2) is 33.8 Å². The van der Waals surface area contributed by atoms with Gasteiger partial charge in [0.15, 0.2) is 5.16 Å². The zero-order valence-electron chi connectivity index (χ0n) is 14.5. The summed E-state index contributed by atoms with van der Waals surface area (Å²) >= 11 is 1.36. The Morgan fingerprint density at radius 2 is 2.20 bits per heavy atom. The highest BCUT2D eigenvalue weighted by molar-refractivity contribution is 8.00. The fourth-order valence-corrected chi connectivity index (χ4v) is 3.95. The Morgan fingerprint density at radius 3 is 2.88 bits per heavy atom. The third-order valence-corrected chi connectivity index (χ3v) is 5.59. The maximum absolute atomic E-state index is 12.6. The van der Waals surface area contributed by atoms with E-state index in [1.165, 1.54) is 11.8 Å². The molecule has 0 bridgehead atoms. The van der Waals surface area contributed by atoms with Gasteiger partial charge in [-0.3, -0.25) is 4.79 Å². The number of aromatic amines is 1. The van der Waals surface area contributed by atoms with Crippen molar-refractivity contribution < 1.29 is 9.53 Å². The second-order valence-electron chi connectivity index (χ2n) is 6.43. The maximum atomic E-state index is 12.6. The highest BCUT2D eigenvalue weighted by Gasteiger charge is 2.35.